The normalized spacial score (nSPS) is 11.3. The Kier molecular flexibility index (Phi) is 7.30. The van der Waals surface area contributed by atoms with E-state index in [1.54, 1.807) is 24.4 Å². The van der Waals surface area contributed by atoms with Gasteiger partial charge in [-0.2, -0.15) is 5.26 Å². The number of aryl methyl sites for hydroxylation is 1. The van der Waals surface area contributed by atoms with Crippen LogP contribution in [0.25, 0.3) is 11.0 Å². The van der Waals surface area contributed by atoms with Gasteiger partial charge in [0.25, 0.3) is 5.91 Å². The molecule has 0 saturated carbocycles. The van der Waals surface area contributed by atoms with E-state index in [9.17, 15) is 10.1 Å². The molecular formula is C28H30N8O. The first-order valence-corrected chi connectivity index (χ1v) is 12.1. The van der Waals surface area contributed by atoms with Gasteiger partial charge in [0, 0.05) is 23.5 Å². The third-order valence-corrected chi connectivity index (χ3v) is 5.92. The van der Waals surface area contributed by atoms with Crippen molar-refractivity contribution in [1.82, 2.24) is 19.9 Å². The van der Waals surface area contributed by atoms with E-state index in [0.29, 0.717) is 40.0 Å². The Morgan fingerprint density at radius 3 is 2.68 bits per heavy atom. The minimum absolute atomic E-state index is 0.259. The number of hydrogen-bond donors (Lipinski definition) is 3. The second-order valence-electron chi connectivity index (χ2n) is 9.85. The Hall–Kier alpha value is -4.58. The van der Waals surface area contributed by atoms with E-state index in [-0.39, 0.29) is 5.91 Å². The minimum atomic E-state index is -0.657. The van der Waals surface area contributed by atoms with E-state index in [2.05, 4.69) is 55.8 Å². The van der Waals surface area contributed by atoms with Crippen molar-refractivity contribution in [3.63, 3.8) is 0 Å². The molecule has 0 unspecified atom stereocenters. The number of carbonyl (C=O) groups excluding carboxylic acids is 1. The summed E-state index contributed by atoms with van der Waals surface area (Å²) in [6, 6.07) is 15.1. The lowest BCUT2D eigenvalue weighted by Crippen LogP contribution is -2.16. The molecule has 0 aliphatic rings. The van der Waals surface area contributed by atoms with E-state index < -0.39 is 5.41 Å². The van der Waals surface area contributed by atoms with E-state index in [4.69, 9.17) is 0 Å². The van der Waals surface area contributed by atoms with Crippen LogP contribution in [0.1, 0.15) is 49.2 Å². The van der Waals surface area contributed by atoms with Crippen molar-refractivity contribution in [2.24, 2.45) is 5.92 Å². The van der Waals surface area contributed by atoms with Crippen molar-refractivity contribution in [3.05, 3.63) is 71.7 Å². The number of rotatable bonds is 8. The zero-order valence-corrected chi connectivity index (χ0v) is 21.6. The highest BCUT2D eigenvalue weighted by Crippen LogP contribution is 2.27. The monoisotopic (exact) mass is 494 g/mol. The van der Waals surface area contributed by atoms with Gasteiger partial charge >= 0.3 is 0 Å². The van der Waals surface area contributed by atoms with Gasteiger partial charge in [0.1, 0.15) is 17.4 Å². The summed E-state index contributed by atoms with van der Waals surface area (Å²) in [4.78, 5) is 30.7. The average molecular weight is 495 g/mol. The Labute approximate surface area is 216 Å². The van der Waals surface area contributed by atoms with Gasteiger partial charge in [-0.1, -0.05) is 32.0 Å². The third-order valence-electron chi connectivity index (χ3n) is 5.92. The van der Waals surface area contributed by atoms with Gasteiger partial charge < -0.3 is 16.0 Å². The SMILES string of the molecule is Cc1ccc(C(=O)Nc2cccc(C(C)(C)C#N)c2)cc1Nc1ncnc2cnc(NCC(C)C)nc12. The summed E-state index contributed by atoms with van der Waals surface area (Å²) in [5.74, 6) is 1.21. The topological polar surface area (TPSA) is 129 Å². The van der Waals surface area contributed by atoms with Crippen LogP contribution in [-0.2, 0) is 5.41 Å². The number of carbonyl (C=O) groups is 1. The number of fused-ring (bicyclic) bond motifs is 1. The molecule has 9 nitrogen and oxygen atoms in total. The second kappa shape index (κ2) is 10.6. The number of aromatic nitrogens is 4. The standard InChI is InChI=1S/C28H30N8O/c1-17(2)13-30-27-31-14-23-24(36-27)25(33-16-32-23)35-22-11-19(10-9-18(22)3)26(37)34-21-8-6-7-20(12-21)28(4,5)15-29/h6-12,14,16-17H,13H2,1-5H3,(H,34,37)(H,30,31,36)(H,32,33,35). The lowest BCUT2D eigenvalue weighted by molar-refractivity contribution is 0.102. The van der Waals surface area contributed by atoms with Crippen LogP contribution < -0.4 is 16.0 Å². The number of nitrogens with one attached hydrogen (secondary N) is 3. The Morgan fingerprint density at radius 2 is 1.92 bits per heavy atom. The minimum Gasteiger partial charge on any atom is -0.354 e. The molecule has 0 saturated heterocycles. The van der Waals surface area contributed by atoms with Gasteiger partial charge in [0.15, 0.2) is 5.82 Å². The maximum absolute atomic E-state index is 13.1. The first-order valence-electron chi connectivity index (χ1n) is 12.1. The van der Waals surface area contributed by atoms with Crippen LogP contribution >= 0.6 is 0 Å². The summed E-state index contributed by atoms with van der Waals surface area (Å²) in [7, 11) is 0. The fraction of sp³-hybridized carbons (Fsp3) is 0.286. The molecule has 0 bridgehead atoms. The zero-order chi connectivity index (χ0) is 26.6. The van der Waals surface area contributed by atoms with Gasteiger partial charge in [0.2, 0.25) is 5.95 Å². The van der Waals surface area contributed by atoms with Crippen LogP contribution in [0.15, 0.2) is 55.0 Å². The average Bonchev–Trinajstić information content (AvgIpc) is 2.89. The Morgan fingerprint density at radius 1 is 1.11 bits per heavy atom. The summed E-state index contributed by atoms with van der Waals surface area (Å²) in [5, 5.41) is 18.9. The van der Waals surface area contributed by atoms with Crippen LogP contribution in [0, 0.1) is 24.2 Å². The van der Waals surface area contributed by atoms with E-state index in [1.165, 1.54) is 6.33 Å². The van der Waals surface area contributed by atoms with Crippen LogP contribution in [0.5, 0.6) is 0 Å². The lowest BCUT2D eigenvalue weighted by Gasteiger charge is -2.17. The highest BCUT2D eigenvalue weighted by atomic mass is 16.1. The fourth-order valence-corrected chi connectivity index (χ4v) is 3.61. The second-order valence-corrected chi connectivity index (χ2v) is 9.85. The fourth-order valence-electron chi connectivity index (χ4n) is 3.61. The van der Waals surface area contributed by atoms with Crippen LogP contribution in [-0.4, -0.2) is 32.4 Å². The summed E-state index contributed by atoms with van der Waals surface area (Å²) in [6.45, 7) is 10.6. The number of nitrogens with zero attached hydrogens (tertiary/aromatic N) is 5. The van der Waals surface area contributed by atoms with Crippen molar-refractivity contribution in [3.8, 4) is 6.07 Å². The highest BCUT2D eigenvalue weighted by molar-refractivity contribution is 6.05. The van der Waals surface area contributed by atoms with Crippen molar-refractivity contribution in [2.45, 2.75) is 40.0 Å². The molecule has 0 spiro atoms. The van der Waals surface area contributed by atoms with Gasteiger partial charge in [0.05, 0.1) is 17.7 Å². The van der Waals surface area contributed by atoms with E-state index >= 15 is 0 Å². The molecule has 2 aromatic carbocycles. The van der Waals surface area contributed by atoms with Gasteiger partial charge in [-0.3, -0.25) is 4.79 Å². The van der Waals surface area contributed by atoms with Gasteiger partial charge in [-0.05, 0) is 62.1 Å². The predicted octanol–water partition coefficient (Wildman–Crippen LogP) is 5.59. The van der Waals surface area contributed by atoms with Crippen molar-refractivity contribution < 1.29 is 4.79 Å². The Balaban J connectivity index is 1.59. The number of hydrogen-bond acceptors (Lipinski definition) is 8. The van der Waals surface area contributed by atoms with E-state index in [0.717, 1.165) is 23.4 Å². The molecule has 188 valence electrons. The first kappa shape index (κ1) is 25.5. The van der Waals surface area contributed by atoms with Crippen molar-refractivity contribution in [2.75, 3.05) is 22.5 Å². The molecule has 0 aliphatic carbocycles. The highest BCUT2D eigenvalue weighted by Gasteiger charge is 2.20. The molecule has 2 heterocycles. The number of anilines is 4. The van der Waals surface area contributed by atoms with E-state index in [1.807, 2.05) is 45.0 Å². The van der Waals surface area contributed by atoms with Crippen LogP contribution in [0.3, 0.4) is 0 Å². The molecule has 4 rings (SSSR count). The summed E-state index contributed by atoms with van der Waals surface area (Å²) in [5.41, 5.74) is 4.13. The summed E-state index contributed by atoms with van der Waals surface area (Å²) in [6.07, 6.45) is 3.12. The smallest absolute Gasteiger partial charge is 0.255 e. The molecule has 0 aliphatic heterocycles. The molecule has 9 heteroatoms. The molecule has 0 radical (unpaired) electrons. The van der Waals surface area contributed by atoms with Crippen molar-refractivity contribution in [1.29, 1.82) is 5.26 Å². The van der Waals surface area contributed by atoms with Gasteiger partial charge in [-0.15, -0.1) is 0 Å². The molecule has 1 amide bonds. The summed E-state index contributed by atoms with van der Waals surface area (Å²) >= 11 is 0. The molecule has 4 aromatic rings. The molecule has 0 atom stereocenters. The van der Waals surface area contributed by atoms with Crippen LogP contribution in [0.2, 0.25) is 0 Å². The Bertz CT molecular complexity index is 1490. The third kappa shape index (κ3) is 5.98. The number of nitriles is 1. The summed E-state index contributed by atoms with van der Waals surface area (Å²) < 4.78 is 0. The zero-order valence-electron chi connectivity index (χ0n) is 21.6. The quantitative estimate of drug-likeness (QED) is 0.289. The van der Waals surface area contributed by atoms with Gasteiger partial charge in [-0.25, -0.2) is 19.9 Å². The van der Waals surface area contributed by atoms with Crippen molar-refractivity contribution >= 4 is 40.1 Å². The molecular weight excluding hydrogens is 464 g/mol. The number of amides is 1. The number of benzene rings is 2. The maximum atomic E-state index is 13.1. The molecule has 3 N–H and O–H groups in total. The molecule has 0 fully saturated rings. The predicted molar refractivity (Wildman–Crippen MR) is 146 cm³/mol. The van der Waals surface area contributed by atoms with Crippen LogP contribution in [0.4, 0.5) is 23.1 Å². The lowest BCUT2D eigenvalue weighted by atomic mass is 9.86. The molecule has 37 heavy (non-hydrogen) atoms. The maximum Gasteiger partial charge on any atom is 0.255 e. The first-order chi connectivity index (χ1) is 17.7. The largest absolute Gasteiger partial charge is 0.354 e. The molecule has 2 aromatic heterocycles.